The molecule has 2 amide bonds. The number of aromatic nitrogens is 4. The fraction of sp³-hybridized carbons (Fsp3) is 0.368. The number of hydrogen-bond acceptors (Lipinski definition) is 5. The van der Waals surface area contributed by atoms with Crippen molar-refractivity contribution in [2.24, 2.45) is 0 Å². The first-order chi connectivity index (χ1) is 13.1. The zero-order valence-electron chi connectivity index (χ0n) is 15.4. The summed E-state index contributed by atoms with van der Waals surface area (Å²) in [5.41, 5.74) is 3.59. The Labute approximate surface area is 157 Å². The lowest BCUT2D eigenvalue weighted by atomic mass is 9.95. The number of urea groups is 1. The second-order valence-electron chi connectivity index (χ2n) is 6.88. The summed E-state index contributed by atoms with van der Waals surface area (Å²) in [6.45, 7) is 5.13. The van der Waals surface area contributed by atoms with E-state index < -0.39 is 0 Å². The molecule has 2 aromatic heterocycles. The maximum Gasteiger partial charge on any atom is 0.321 e. The van der Waals surface area contributed by atoms with Crippen molar-refractivity contribution >= 4 is 11.7 Å². The van der Waals surface area contributed by atoms with Crippen LogP contribution in [0.4, 0.5) is 10.5 Å². The first-order valence-electron chi connectivity index (χ1n) is 9.06. The number of carbonyl (C=O) groups is 1. The van der Waals surface area contributed by atoms with Gasteiger partial charge in [-0.2, -0.15) is 5.10 Å². The van der Waals surface area contributed by atoms with Crippen LogP contribution in [0, 0.1) is 13.8 Å². The molecule has 1 unspecified atom stereocenters. The van der Waals surface area contributed by atoms with Crippen LogP contribution in [0.2, 0.25) is 0 Å². The van der Waals surface area contributed by atoms with E-state index in [0.29, 0.717) is 24.2 Å². The van der Waals surface area contributed by atoms with Gasteiger partial charge in [0.05, 0.1) is 0 Å². The number of aryl methyl sites for hydroxylation is 2. The Balaban J connectivity index is 1.49. The number of piperidine rings is 1. The molecule has 8 nitrogen and oxygen atoms in total. The number of rotatable bonds is 3. The average Bonchev–Trinajstić information content (AvgIpc) is 3.35. The van der Waals surface area contributed by atoms with Gasteiger partial charge in [-0.05, 0) is 43.5 Å². The molecular formula is C19H22N6O2. The fourth-order valence-corrected chi connectivity index (χ4v) is 3.41. The number of likely N-dealkylation sites (tertiary alicyclic amines) is 1. The molecular weight excluding hydrogens is 344 g/mol. The quantitative estimate of drug-likeness (QED) is 0.739. The summed E-state index contributed by atoms with van der Waals surface area (Å²) in [5.74, 6) is 1.25. The number of hydrogen-bond donors (Lipinski definition) is 2. The number of nitrogens with one attached hydrogen (secondary N) is 2. The SMILES string of the molecule is Cc1nnc(-c2ccc(C)c(NC(=O)N3CCCC(c4ccn[nH]4)C3)c2)o1. The number of nitrogens with zero attached hydrogens (tertiary/aromatic N) is 4. The number of anilines is 1. The number of benzene rings is 1. The van der Waals surface area contributed by atoms with E-state index in [1.54, 1.807) is 13.1 Å². The molecule has 0 spiro atoms. The van der Waals surface area contributed by atoms with Crippen molar-refractivity contribution in [3.63, 3.8) is 0 Å². The van der Waals surface area contributed by atoms with Crippen LogP contribution in [0.1, 0.15) is 35.9 Å². The van der Waals surface area contributed by atoms with Crippen molar-refractivity contribution in [3.8, 4) is 11.5 Å². The second-order valence-corrected chi connectivity index (χ2v) is 6.88. The van der Waals surface area contributed by atoms with E-state index in [1.807, 2.05) is 36.1 Å². The standard InChI is InChI=1S/C19H22N6O2/c1-12-5-6-14(18-24-22-13(2)27-18)10-17(12)21-19(26)25-9-3-4-15(11-25)16-7-8-20-23-16/h5-8,10,15H,3-4,9,11H2,1-2H3,(H,20,23)(H,21,26). The monoisotopic (exact) mass is 366 g/mol. The highest BCUT2D eigenvalue weighted by atomic mass is 16.4. The Morgan fingerprint density at radius 3 is 2.93 bits per heavy atom. The lowest BCUT2D eigenvalue weighted by Gasteiger charge is -2.32. The number of H-pyrrole nitrogens is 1. The van der Waals surface area contributed by atoms with Crippen molar-refractivity contribution in [3.05, 3.63) is 47.6 Å². The highest BCUT2D eigenvalue weighted by Crippen LogP contribution is 2.27. The molecule has 0 radical (unpaired) electrons. The van der Waals surface area contributed by atoms with E-state index >= 15 is 0 Å². The van der Waals surface area contributed by atoms with E-state index in [9.17, 15) is 4.79 Å². The minimum absolute atomic E-state index is 0.0961. The molecule has 1 aliphatic rings. The van der Waals surface area contributed by atoms with Gasteiger partial charge < -0.3 is 14.6 Å². The molecule has 8 heteroatoms. The molecule has 2 N–H and O–H groups in total. The van der Waals surface area contributed by atoms with Gasteiger partial charge in [0.1, 0.15) is 0 Å². The lowest BCUT2D eigenvalue weighted by molar-refractivity contribution is 0.192. The van der Waals surface area contributed by atoms with Crippen LogP contribution in [0.15, 0.2) is 34.9 Å². The molecule has 0 saturated carbocycles. The Morgan fingerprint density at radius 2 is 2.19 bits per heavy atom. The van der Waals surface area contributed by atoms with Gasteiger partial charge in [-0.15, -0.1) is 10.2 Å². The van der Waals surface area contributed by atoms with Gasteiger partial charge in [-0.1, -0.05) is 6.07 Å². The van der Waals surface area contributed by atoms with Gasteiger partial charge in [0.15, 0.2) is 0 Å². The number of aromatic amines is 1. The summed E-state index contributed by atoms with van der Waals surface area (Å²) >= 11 is 0. The Hall–Kier alpha value is -3.16. The Kier molecular flexibility index (Phi) is 4.62. The third kappa shape index (κ3) is 3.69. The minimum atomic E-state index is -0.0961. The van der Waals surface area contributed by atoms with Gasteiger partial charge in [0.2, 0.25) is 11.8 Å². The second kappa shape index (κ2) is 7.22. The van der Waals surface area contributed by atoms with Gasteiger partial charge in [0, 0.05) is 49.1 Å². The first kappa shape index (κ1) is 17.3. The smallest absolute Gasteiger partial charge is 0.321 e. The van der Waals surface area contributed by atoms with Crippen LogP contribution >= 0.6 is 0 Å². The Morgan fingerprint density at radius 1 is 1.30 bits per heavy atom. The minimum Gasteiger partial charge on any atom is -0.421 e. The molecule has 3 heterocycles. The van der Waals surface area contributed by atoms with Crippen LogP contribution in [0.25, 0.3) is 11.5 Å². The highest BCUT2D eigenvalue weighted by molar-refractivity contribution is 5.91. The number of carbonyl (C=O) groups excluding carboxylic acids is 1. The van der Waals surface area contributed by atoms with Crippen molar-refractivity contribution in [2.45, 2.75) is 32.6 Å². The van der Waals surface area contributed by atoms with Crippen LogP contribution in [-0.2, 0) is 0 Å². The molecule has 0 bridgehead atoms. The molecule has 1 aromatic carbocycles. The summed E-state index contributed by atoms with van der Waals surface area (Å²) in [5, 5.41) is 18.0. The topological polar surface area (TPSA) is 99.9 Å². The van der Waals surface area contributed by atoms with Gasteiger partial charge in [0.25, 0.3) is 0 Å². The van der Waals surface area contributed by atoms with Crippen molar-refractivity contribution in [1.82, 2.24) is 25.3 Å². The van der Waals surface area contributed by atoms with Gasteiger partial charge in [-0.3, -0.25) is 5.10 Å². The van der Waals surface area contributed by atoms with Crippen LogP contribution < -0.4 is 5.32 Å². The largest absolute Gasteiger partial charge is 0.421 e. The average molecular weight is 366 g/mol. The molecule has 27 heavy (non-hydrogen) atoms. The normalized spacial score (nSPS) is 17.1. The molecule has 0 aliphatic carbocycles. The van der Waals surface area contributed by atoms with Crippen molar-refractivity contribution in [2.75, 3.05) is 18.4 Å². The summed E-state index contributed by atoms with van der Waals surface area (Å²) < 4.78 is 5.49. The summed E-state index contributed by atoms with van der Waals surface area (Å²) in [4.78, 5) is 14.7. The van der Waals surface area contributed by atoms with Crippen molar-refractivity contribution < 1.29 is 9.21 Å². The zero-order valence-corrected chi connectivity index (χ0v) is 15.4. The van der Waals surface area contributed by atoms with E-state index in [4.69, 9.17) is 4.42 Å². The lowest BCUT2D eigenvalue weighted by Crippen LogP contribution is -2.41. The highest BCUT2D eigenvalue weighted by Gasteiger charge is 2.26. The molecule has 3 aromatic rings. The van der Waals surface area contributed by atoms with E-state index in [1.165, 1.54) is 0 Å². The van der Waals surface area contributed by atoms with E-state index in [2.05, 4.69) is 25.7 Å². The molecule has 1 atom stereocenters. The summed E-state index contributed by atoms with van der Waals surface area (Å²) in [6, 6.07) is 7.60. The maximum atomic E-state index is 12.8. The van der Waals surface area contributed by atoms with Crippen LogP contribution in [-0.4, -0.2) is 44.4 Å². The predicted molar refractivity (Wildman–Crippen MR) is 100 cm³/mol. The zero-order chi connectivity index (χ0) is 18.8. The molecule has 1 fully saturated rings. The molecule has 4 rings (SSSR count). The fourth-order valence-electron chi connectivity index (χ4n) is 3.41. The molecule has 140 valence electrons. The van der Waals surface area contributed by atoms with E-state index in [-0.39, 0.29) is 6.03 Å². The molecule has 1 saturated heterocycles. The summed E-state index contributed by atoms with van der Waals surface area (Å²) in [6.07, 6.45) is 3.77. The Bertz CT molecular complexity index is 934. The first-order valence-corrected chi connectivity index (χ1v) is 9.06. The van der Waals surface area contributed by atoms with Gasteiger partial charge in [-0.25, -0.2) is 4.79 Å². The van der Waals surface area contributed by atoms with Crippen molar-refractivity contribution in [1.29, 1.82) is 0 Å². The predicted octanol–water partition coefficient (Wildman–Crippen LogP) is 3.49. The maximum absolute atomic E-state index is 12.8. The third-order valence-electron chi connectivity index (χ3n) is 4.92. The van der Waals surface area contributed by atoms with E-state index in [0.717, 1.165) is 41.9 Å². The summed E-state index contributed by atoms with van der Waals surface area (Å²) in [7, 11) is 0. The van der Waals surface area contributed by atoms with Gasteiger partial charge >= 0.3 is 6.03 Å². The third-order valence-corrected chi connectivity index (χ3v) is 4.92. The molecule has 1 aliphatic heterocycles. The number of amides is 2. The van der Waals surface area contributed by atoms with Crippen LogP contribution in [0.3, 0.4) is 0 Å². The van der Waals surface area contributed by atoms with Crippen LogP contribution in [0.5, 0.6) is 0 Å².